The fraction of sp³-hybridized carbons (Fsp3) is 0.429. The molecule has 7 heteroatoms. The van der Waals surface area contributed by atoms with Crippen molar-refractivity contribution in [2.24, 2.45) is 0 Å². The highest BCUT2D eigenvalue weighted by Crippen LogP contribution is 2.40. The van der Waals surface area contributed by atoms with Gasteiger partial charge in [0.15, 0.2) is 0 Å². The Hall–Kier alpha value is -1.89. The van der Waals surface area contributed by atoms with Crippen molar-refractivity contribution in [3.63, 3.8) is 0 Å². The Morgan fingerprint density at radius 3 is 2.71 bits per heavy atom. The van der Waals surface area contributed by atoms with Crippen LogP contribution in [0, 0.1) is 0 Å². The Kier molecular flexibility index (Phi) is 3.24. The van der Waals surface area contributed by atoms with Gasteiger partial charge in [-0.1, -0.05) is 0 Å². The number of sulfone groups is 1. The molecule has 1 heterocycles. The maximum absolute atomic E-state index is 11.4. The molecule has 112 valence electrons. The van der Waals surface area contributed by atoms with Crippen LogP contribution in [0.2, 0.25) is 0 Å². The summed E-state index contributed by atoms with van der Waals surface area (Å²) >= 11 is 0. The maximum Gasteiger partial charge on any atom is 0.335 e. The highest BCUT2D eigenvalue weighted by atomic mass is 32.2. The van der Waals surface area contributed by atoms with Crippen LogP contribution in [0.3, 0.4) is 0 Å². The Morgan fingerprint density at radius 2 is 2.14 bits per heavy atom. The van der Waals surface area contributed by atoms with Gasteiger partial charge in [0.1, 0.15) is 15.7 Å². The number of benzene rings is 1. The number of hydrogen-bond acceptors (Lipinski definition) is 4. The lowest BCUT2D eigenvalue weighted by Crippen LogP contribution is -2.13. The Bertz CT molecular complexity index is 819. The van der Waals surface area contributed by atoms with E-state index in [-0.39, 0.29) is 11.3 Å². The summed E-state index contributed by atoms with van der Waals surface area (Å²) in [5.74, 6) is 0.261. The third-order valence-electron chi connectivity index (χ3n) is 3.65. The monoisotopic (exact) mass is 308 g/mol. The second-order valence-electron chi connectivity index (χ2n) is 5.53. The van der Waals surface area contributed by atoms with Gasteiger partial charge in [0, 0.05) is 18.7 Å². The molecule has 3 rings (SSSR count). The molecule has 0 bridgehead atoms. The predicted molar refractivity (Wildman–Crippen MR) is 78.4 cm³/mol. The predicted octanol–water partition coefficient (Wildman–Crippen LogP) is 1.66. The van der Waals surface area contributed by atoms with Crippen LogP contribution >= 0.6 is 0 Å². The van der Waals surface area contributed by atoms with E-state index in [9.17, 15) is 13.2 Å². The van der Waals surface area contributed by atoms with E-state index in [1.54, 1.807) is 12.1 Å². The second kappa shape index (κ2) is 4.84. The molecule has 0 saturated heterocycles. The van der Waals surface area contributed by atoms with Crippen molar-refractivity contribution >= 4 is 26.8 Å². The number of nitrogens with zero attached hydrogens (tertiary/aromatic N) is 2. The highest BCUT2D eigenvalue weighted by Gasteiger charge is 2.30. The smallest absolute Gasteiger partial charge is 0.335 e. The fourth-order valence-corrected chi connectivity index (χ4v) is 2.93. The number of carboxylic acid groups (broad SMARTS) is 1. The molecule has 2 aromatic rings. The molecule has 1 aliphatic carbocycles. The minimum absolute atomic E-state index is 0.0233. The average molecular weight is 308 g/mol. The standard InChI is InChI=1S/C14H16N2O4S/c1-21(19,20)7-6-16-12-8-10(14(17)18)4-5-11(12)15-13(16)9-2-3-9/h4-5,8-9H,2-3,6-7H2,1H3,(H,17,18). The van der Waals surface area contributed by atoms with Gasteiger partial charge in [-0.25, -0.2) is 18.2 Å². The lowest BCUT2D eigenvalue weighted by Gasteiger charge is -2.08. The number of hydrogen-bond donors (Lipinski definition) is 1. The summed E-state index contributed by atoms with van der Waals surface area (Å²) in [6, 6.07) is 4.77. The van der Waals surface area contributed by atoms with E-state index in [0.29, 0.717) is 18.0 Å². The molecule has 0 unspecified atom stereocenters. The summed E-state index contributed by atoms with van der Waals surface area (Å²) < 4.78 is 24.7. The number of rotatable bonds is 5. The van der Waals surface area contributed by atoms with Crippen LogP contribution in [0.1, 0.15) is 34.9 Å². The van der Waals surface area contributed by atoms with Gasteiger partial charge in [-0.05, 0) is 31.0 Å². The van der Waals surface area contributed by atoms with E-state index in [0.717, 1.165) is 24.2 Å². The summed E-state index contributed by atoms with van der Waals surface area (Å²) in [5.41, 5.74) is 1.60. The number of aromatic nitrogens is 2. The lowest BCUT2D eigenvalue weighted by molar-refractivity contribution is 0.0697. The van der Waals surface area contributed by atoms with E-state index in [4.69, 9.17) is 5.11 Å². The van der Waals surface area contributed by atoms with Crippen molar-refractivity contribution in [1.29, 1.82) is 0 Å². The summed E-state index contributed by atoms with van der Waals surface area (Å²) in [7, 11) is -3.08. The Balaban J connectivity index is 2.10. The molecule has 1 aromatic carbocycles. The van der Waals surface area contributed by atoms with Crippen LogP contribution in [0.15, 0.2) is 18.2 Å². The first-order valence-corrected chi connectivity index (χ1v) is 8.82. The van der Waals surface area contributed by atoms with Gasteiger partial charge in [0.2, 0.25) is 0 Å². The molecular weight excluding hydrogens is 292 g/mol. The van der Waals surface area contributed by atoms with Crippen molar-refractivity contribution < 1.29 is 18.3 Å². The number of carboxylic acids is 1. The van der Waals surface area contributed by atoms with E-state index in [1.165, 1.54) is 12.3 Å². The minimum Gasteiger partial charge on any atom is -0.478 e. The Labute approximate surface area is 122 Å². The van der Waals surface area contributed by atoms with Crippen LogP contribution in [-0.2, 0) is 16.4 Å². The summed E-state index contributed by atoms with van der Waals surface area (Å²) in [5, 5.41) is 9.10. The topological polar surface area (TPSA) is 89.3 Å². The largest absolute Gasteiger partial charge is 0.478 e. The van der Waals surface area contributed by atoms with E-state index >= 15 is 0 Å². The first kappa shape index (κ1) is 14.1. The van der Waals surface area contributed by atoms with Crippen molar-refractivity contribution in [3.8, 4) is 0 Å². The van der Waals surface area contributed by atoms with Crippen molar-refractivity contribution in [2.45, 2.75) is 25.3 Å². The summed E-state index contributed by atoms with van der Waals surface area (Å²) in [4.78, 5) is 15.7. The molecule has 1 aliphatic rings. The second-order valence-corrected chi connectivity index (χ2v) is 7.79. The lowest BCUT2D eigenvalue weighted by atomic mass is 10.2. The van der Waals surface area contributed by atoms with Gasteiger partial charge in [-0.2, -0.15) is 0 Å². The average Bonchev–Trinajstić information content (AvgIpc) is 3.16. The fourth-order valence-electron chi connectivity index (χ4n) is 2.42. The van der Waals surface area contributed by atoms with Crippen molar-refractivity contribution in [1.82, 2.24) is 9.55 Å². The molecule has 0 radical (unpaired) electrons. The molecule has 1 fully saturated rings. The zero-order valence-corrected chi connectivity index (χ0v) is 12.4. The van der Waals surface area contributed by atoms with Crippen LogP contribution in [-0.4, -0.2) is 41.1 Å². The first-order chi connectivity index (χ1) is 9.85. The van der Waals surface area contributed by atoms with Gasteiger partial charge in [-0.15, -0.1) is 0 Å². The van der Waals surface area contributed by atoms with Gasteiger partial charge in [-0.3, -0.25) is 0 Å². The van der Waals surface area contributed by atoms with Gasteiger partial charge in [0.05, 0.1) is 22.3 Å². The zero-order valence-electron chi connectivity index (χ0n) is 11.6. The molecule has 21 heavy (non-hydrogen) atoms. The van der Waals surface area contributed by atoms with Crippen LogP contribution in [0.25, 0.3) is 11.0 Å². The van der Waals surface area contributed by atoms with Crippen molar-refractivity contribution in [3.05, 3.63) is 29.6 Å². The van der Waals surface area contributed by atoms with Crippen LogP contribution in [0.5, 0.6) is 0 Å². The van der Waals surface area contributed by atoms with Gasteiger partial charge < -0.3 is 9.67 Å². The maximum atomic E-state index is 11.4. The quantitative estimate of drug-likeness (QED) is 0.907. The molecular formula is C14H16N2O4S. The zero-order chi connectivity index (χ0) is 15.2. The highest BCUT2D eigenvalue weighted by molar-refractivity contribution is 7.90. The number of carbonyl (C=O) groups is 1. The van der Waals surface area contributed by atoms with E-state index < -0.39 is 15.8 Å². The SMILES string of the molecule is CS(=O)(=O)CCn1c(C2CC2)nc2ccc(C(=O)O)cc21. The Morgan fingerprint density at radius 1 is 1.43 bits per heavy atom. The molecule has 0 amide bonds. The molecule has 0 atom stereocenters. The number of imidazole rings is 1. The third-order valence-corrected chi connectivity index (χ3v) is 4.58. The van der Waals surface area contributed by atoms with Crippen LogP contribution < -0.4 is 0 Å². The molecule has 1 aromatic heterocycles. The third kappa shape index (κ3) is 2.92. The van der Waals surface area contributed by atoms with E-state index in [2.05, 4.69) is 4.98 Å². The van der Waals surface area contributed by atoms with Crippen molar-refractivity contribution in [2.75, 3.05) is 12.0 Å². The number of aromatic carboxylic acids is 1. The van der Waals surface area contributed by atoms with E-state index in [1.807, 2.05) is 4.57 Å². The normalized spacial score (nSPS) is 15.5. The van der Waals surface area contributed by atoms with Gasteiger partial charge in [0.25, 0.3) is 0 Å². The molecule has 0 aliphatic heterocycles. The van der Waals surface area contributed by atoms with Gasteiger partial charge >= 0.3 is 5.97 Å². The molecule has 6 nitrogen and oxygen atoms in total. The molecule has 1 N–H and O–H groups in total. The molecule has 0 spiro atoms. The van der Waals surface area contributed by atoms with Crippen LogP contribution in [0.4, 0.5) is 0 Å². The minimum atomic E-state index is -3.08. The summed E-state index contributed by atoms with van der Waals surface area (Å²) in [6.07, 6.45) is 3.30. The molecule has 1 saturated carbocycles. The first-order valence-electron chi connectivity index (χ1n) is 6.76. The number of aryl methyl sites for hydroxylation is 1. The summed E-state index contributed by atoms with van der Waals surface area (Å²) in [6.45, 7) is 0.310. The number of fused-ring (bicyclic) bond motifs is 1.